The molecule has 8 nitrogen and oxygen atoms in total. The summed E-state index contributed by atoms with van der Waals surface area (Å²) in [7, 11) is 0. The second-order valence-corrected chi connectivity index (χ2v) is 8.98. The number of aromatic amines is 1. The monoisotopic (exact) mass is 466 g/mol. The van der Waals surface area contributed by atoms with Crippen LogP contribution in [0.1, 0.15) is 36.7 Å². The highest BCUT2D eigenvalue weighted by Gasteiger charge is 2.32. The summed E-state index contributed by atoms with van der Waals surface area (Å²) in [5, 5.41) is 0.354. The molecular weight excluding hydrogens is 439 g/mol. The third-order valence-corrected chi connectivity index (χ3v) is 6.51. The van der Waals surface area contributed by atoms with Crippen LogP contribution >= 0.6 is 0 Å². The van der Waals surface area contributed by atoms with Crippen molar-refractivity contribution < 1.29 is 14.0 Å². The number of nitrogens with one attached hydrogen (secondary N) is 1. The largest absolute Gasteiger partial charge is 0.336 e. The smallest absolute Gasteiger partial charge is 0.329 e. The topological polar surface area (TPSA) is 95.5 Å². The van der Waals surface area contributed by atoms with Crippen molar-refractivity contribution in [3.05, 3.63) is 80.2 Å². The molecule has 1 aromatic heterocycles. The van der Waals surface area contributed by atoms with E-state index in [1.165, 1.54) is 27.7 Å². The lowest BCUT2D eigenvalue weighted by Gasteiger charge is -2.39. The molecule has 1 saturated heterocycles. The van der Waals surface area contributed by atoms with E-state index in [0.717, 1.165) is 0 Å². The molecule has 9 heteroatoms. The molecule has 1 aliphatic heterocycles. The van der Waals surface area contributed by atoms with Crippen LogP contribution < -0.4 is 11.2 Å². The number of amides is 2. The van der Waals surface area contributed by atoms with Crippen LogP contribution in [0.25, 0.3) is 10.9 Å². The van der Waals surface area contributed by atoms with E-state index in [2.05, 4.69) is 4.98 Å². The SMILES string of the molecule is CC(C)C(C)N1CCN(C(=O)c2cc(Cn3c(=O)[nH]c(=O)c4ccccc43)ccc2F)CC1=O. The van der Waals surface area contributed by atoms with E-state index in [1.807, 2.05) is 20.8 Å². The van der Waals surface area contributed by atoms with Crippen molar-refractivity contribution in [2.45, 2.75) is 33.4 Å². The van der Waals surface area contributed by atoms with Gasteiger partial charge in [-0.05, 0) is 42.7 Å². The van der Waals surface area contributed by atoms with E-state index >= 15 is 0 Å². The first kappa shape index (κ1) is 23.4. The first-order chi connectivity index (χ1) is 16.2. The maximum absolute atomic E-state index is 14.6. The average molecular weight is 467 g/mol. The fourth-order valence-electron chi connectivity index (χ4n) is 4.24. The predicted molar refractivity (Wildman–Crippen MR) is 126 cm³/mol. The molecule has 1 aliphatic rings. The van der Waals surface area contributed by atoms with Gasteiger partial charge in [0.05, 0.1) is 23.0 Å². The predicted octanol–water partition coefficient (Wildman–Crippen LogP) is 2.21. The van der Waals surface area contributed by atoms with Crippen molar-refractivity contribution in [2.75, 3.05) is 19.6 Å². The highest BCUT2D eigenvalue weighted by atomic mass is 19.1. The lowest BCUT2D eigenvalue weighted by molar-refractivity contribution is -0.138. The zero-order chi connectivity index (χ0) is 24.6. The van der Waals surface area contributed by atoms with Gasteiger partial charge in [0.1, 0.15) is 12.4 Å². The number of carbonyl (C=O) groups is 2. The van der Waals surface area contributed by atoms with E-state index in [1.54, 1.807) is 29.2 Å². The lowest BCUT2D eigenvalue weighted by atomic mass is 10.0. The minimum absolute atomic E-state index is 0.0370. The van der Waals surface area contributed by atoms with Crippen LogP contribution in [0.3, 0.4) is 0 Å². The van der Waals surface area contributed by atoms with Gasteiger partial charge < -0.3 is 9.80 Å². The number of carbonyl (C=O) groups excluding carboxylic acids is 2. The van der Waals surface area contributed by atoms with Gasteiger partial charge in [0.25, 0.3) is 11.5 Å². The second-order valence-electron chi connectivity index (χ2n) is 8.98. The number of hydrogen-bond donors (Lipinski definition) is 1. The number of halogens is 1. The van der Waals surface area contributed by atoms with Gasteiger partial charge >= 0.3 is 5.69 Å². The number of fused-ring (bicyclic) bond motifs is 1. The molecule has 1 N–H and O–H groups in total. The van der Waals surface area contributed by atoms with Gasteiger partial charge in [-0.1, -0.05) is 32.0 Å². The minimum atomic E-state index is -0.696. The summed E-state index contributed by atoms with van der Waals surface area (Å²) in [4.78, 5) is 55.7. The normalized spacial score (nSPS) is 15.3. The molecule has 34 heavy (non-hydrogen) atoms. The van der Waals surface area contributed by atoms with Crippen molar-refractivity contribution in [2.24, 2.45) is 5.92 Å². The van der Waals surface area contributed by atoms with E-state index in [-0.39, 0.29) is 36.5 Å². The summed E-state index contributed by atoms with van der Waals surface area (Å²) in [6, 6.07) is 10.8. The van der Waals surface area contributed by atoms with E-state index in [0.29, 0.717) is 29.6 Å². The van der Waals surface area contributed by atoms with Crippen molar-refractivity contribution in [3.8, 4) is 0 Å². The van der Waals surface area contributed by atoms with Gasteiger partial charge in [-0.15, -0.1) is 0 Å². The Kier molecular flexibility index (Phi) is 6.37. The quantitative estimate of drug-likeness (QED) is 0.624. The molecule has 2 amide bonds. The summed E-state index contributed by atoms with van der Waals surface area (Å²) in [6.45, 7) is 6.68. The fourth-order valence-corrected chi connectivity index (χ4v) is 4.24. The number of piperazine rings is 1. The maximum atomic E-state index is 14.6. The van der Waals surface area contributed by atoms with E-state index in [9.17, 15) is 23.6 Å². The van der Waals surface area contributed by atoms with Crippen LogP contribution in [-0.2, 0) is 11.3 Å². The average Bonchev–Trinajstić information content (AvgIpc) is 2.81. The van der Waals surface area contributed by atoms with E-state index in [4.69, 9.17) is 0 Å². The van der Waals surface area contributed by atoms with Gasteiger partial charge in [0.2, 0.25) is 5.91 Å². The second kappa shape index (κ2) is 9.24. The highest BCUT2D eigenvalue weighted by Crippen LogP contribution is 2.19. The molecule has 3 aromatic rings. The molecule has 2 aromatic carbocycles. The number of aromatic nitrogens is 2. The first-order valence-corrected chi connectivity index (χ1v) is 11.3. The summed E-state index contributed by atoms with van der Waals surface area (Å²) in [5.74, 6) is -1.14. The van der Waals surface area contributed by atoms with Crippen molar-refractivity contribution >= 4 is 22.7 Å². The van der Waals surface area contributed by atoms with Gasteiger partial charge in [-0.25, -0.2) is 9.18 Å². The molecule has 0 bridgehead atoms. The van der Waals surface area contributed by atoms with Crippen LogP contribution in [0.15, 0.2) is 52.1 Å². The Morgan fingerprint density at radius 3 is 2.50 bits per heavy atom. The standard InChI is InChI=1S/C25H27FN4O4/c1-15(2)16(3)29-11-10-28(14-22(29)31)24(33)19-12-17(8-9-20(19)26)13-30-21-7-5-4-6-18(21)23(32)27-25(30)34/h4-9,12,15-16H,10-11,13-14H2,1-3H3,(H,27,32,34). The first-order valence-electron chi connectivity index (χ1n) is 11.3. The molecule has 1 fully saturated rings. The molecule has 2 heterocycles. The summed E-state index contributed by atoms with van der Waals surface area (Å²) >= 11 is 0. The number of para-hydroxylation sites is 1. The lowest BCUT2D eigenvalue weighted by Crippen LogP contribution is -2.55. The molecule has 0 spiro atoms. The number of nitrogens with zero attached hydrogens (tertiary/aromatic N) is 3. The molecule has 0 radical (unpaired) electrons. The number of rotatable bonds is 5. The van der Waals surface area contributed by atoms with Crippen LogP contribution in [0.4, 0.5) is 4.39 Å². The molecule has 1 unspecified atom stereocenters. The highest BCUT2D eigenvalue weighted by molar-refractivity contribution is 5.97. The maximum Gasteiger partial charge on any atom is 0.329 e. The Morgan fingerprint density at radius 1 is 1.06 bits per heavy atom. The Morgan fingerprint density at radius 2 is 1.79 bits per heavy atom. The molecule has 4 rings (SSSR count). The number of hydrogen-bond acceptors (Lipinski definition) is 4. The number of benzene rings is 2. The molecule has 1 atom stereocenters. The van der Waals surface area contributed by atoms with Crippen molar-refractivity contribution in [3.63, 3.8) is 0 Å². The number of H-pyrrole nitrogens is 1. The Balaban J connectivity index is 1.60. The Labute approximate surface area is 195 Å². The molecule has 0 aliphatic carbocycles. The zero-order valence-electron chi connectivity index (χ0n) is 19.4. The summed E-state index contributed by atoms with van der Waals surface area (Å²) in [5.41, 5.74) is -0.279. The van der Waals surface area contributed by atoms with Crippen molar-refractivity contribution in [1.82, 2.24) is 19.4 Å². The van der Waals surface area contributed by atoms with Gasteiger partial charge in [0.15, 0.2) is 0 Å². The van der Waals surface area contributed by atoms with Crippen molar-refractivity contribution in [1.29, 1.82) is 0 Å². The van der Waals surface area contributed by atoms with Gasteiger partial charge in [-0.2, -0.15) is 0 Å². The van der Waals surface area contributed by atoms with Crippen LogP contribution in [-0.4, -0.2) is 56.8 Å². The summed E-state index contributed by atoms with van der Waals surface area (Å²) < 4.78 is 16.0. The van der Waals surface area contributed by atoms with Crippen LogP contribution in [0.5, 0.6) is 0 Å². The summed E-state index contributed by atoms with van der Waals surface area (Å²) in [6.07, 6.45) is 0. The van der Waals surface area contributed by atoms with Gasteiger partial charge in [-0.3, -0.25) is 23.9 Å². The van der Waals surface area contributed by atoms with E-state index < -0.39 is 23.0 Å². The molecule has 0 saturated carbocycles. The van der Waals surface area contributed by atoms with Crippen LogP contribution in [0.2, 0.25) is 0 Å². The zero-order valence-corrected chi connectivity index (χ0v) is 19.4. The van der Waals surface area contributed by atoms with Gasteiger partial charge in [0, 0.05) is 19.1 Å². The third kappa shape index (κ3) is 4.37. The third-order valence-electron chi connectivity index (χ3n) is 6.51. The minimum Gasteiger partial charge on any atom is -0.336 e. The van der Waals surface area contributed by atoms with Crippen LogP contribution in [0, 0.1) is 11.7 Å². The molecular formula is C25H27FN4O4. The molecule has 178 valence electrons. The Bertz CT molecular complexity index is 1380. The fraction of sp³-hybridized carbons (Fsp3) is 0.360. The Hall–Kier alpha value is -3.75.